The number of hydrogen-bond donors (Lipinski definition) is 0. The van der Waals surface area contributed by atoms with Crippen LogP contribution in [-0.2, 0) is 4.79 Å². The zero-order chi connectivity index (χ0) is 15.5. The molecule has 1 aliphatic heterocycles. The van der Waals surface area contributed by atoms with Crippen molar-refractivity contribution in [1.29, 1.82) is 0 Å². The van der Waals surface area contributed by atoms with Gasteiger partial charge in [0.1, 0.15) is 0 Å². The predicted octanol–water partition coefficient (Wildman–Crippen LogP) is 2.78. The van der Waals surface area contributed by atoms with Gasteiger partial charge in [-0.2, -0.15) is 0 Å². The number of amides is 1. The maximum absolute atomic E-state index is 12.0. The molecule has 0 aliphatic carbocycles. The Morgan fingerprint density at radius 3 is 2.00 bits per heavy atom. The second-order valence-corrected chi connectivity index (χ2v) is 6.07. The molecule has 4 heteroatoms. The fourth-order valence-electron chi connectivity index (χ4n) is 2.89. The number of carbonyl (C=O) groups is 1. The molecule has 0 saturated carbocycles. The molecule has 4 nitrogen and oxygen atoms in total. The van der Waals surface area contributed by atoms with E-state index in [0.717, 1.165) is 26.2 Å². The summed E-state index contributed by atoms with van der Waals surface area (Å²) in [5.74, 6) is 0.356. The molecule has 0 radical (unpaired) electrons. The second-order valence-electron chi connectivity index (χ2n) is 6.07. The Morgan fingerprint density at radius 1 is 0.909 bits per heavy atom. The van der Waals surface area contributed by atoms with Crippen LogP contribution in [-0.4, -0.2) is 41.6 Å². The Kier molecular flexibility index (Phi) is 4.18. The van der Waals surface area contributed by atoms with E-state index in [1.165, 1.54) is 11.4 Å². The van der Waals surface area contributed by atoms with E-state index < -0.39 is 0 Å². The summed E-state index contributed by atoms with van der Waals surface area (Å²) < 4.78 is 2.10. The molecule has 1 aliphatic rings. The topological polar surface area (TPSA) is 28.5 Å². The SMILES string of the molecule is CC(C)C(=O)N1CCN(c2ccc(-n3cccc3)cc2)CC1. The van der Waals surface area contributed by atoms with Crippen molar-refractivity contribution < 1.29 is 4.79 Å². The minimum Gasteiger partial charge on any atom is -0.368 e. The summed E-state index contributed by atoms with van der Waals surface area (Å²) >= 11 is 0. The molecule has 0 spiro atoms. The van der Waals surface area contributed by atoms with Crippen LogP contribution >= 0.6 is 0 Å². The highest BCUT2D eigenvalue weighted by Gasteiger charge is 2.22. The molecule has 0 unspecified atom stereocenters. The molecular weight excluding hydrogens is 274 g/mol. The van der Waals surface area contributed by atoms with Crippen molar-refractivity contribution in [3.05, 3.63) is 48.8 Å². The van der Waals surface area contributed by atoms with E-state index in [0.29, 0.717) is 0 Å². The summed E-state index contributed by atoms with van der Waals surface area (Å²) in [5.41, 5.74) is 2.40. The lowest BCUT2D eigenvalue weighted by Gasteiger charge is -2.37. The van der Waals surface area contributed by atoms with Gasteiger partial charge in [-0.05, 0) is 36.4 Å². The summed E-state index contributed by atoms with van der Waals surface area (Å²) in [7, 11) is 0. The van der Waals surface area contributed by atoms with Crippen LogP contribution in [0.3, 0.4) is 0 Å². The molecule has 1 fully saturated rings. The van der Waals surface area contributed by atoms with Crippen molar-refractivity contribution in [3.63, 3.8) is 0 Å². The third-order valence-electron chi connectivity index (χ3n) is 4.20. The van der Waals surface area contributed by atoms with Gasteiger partial charge in [-0.15, -0.1) is 0 Å². The minimum absolute atomic E-state index is 0.0902. The molecule has 1 saturated heterocycles. The summed E-state index contributed by atoms with van der Waals surface area (Å²) in [4.78, 5) is 16.4. The Labute approximate surface area is 132 Å². The lowest BCUT2D eigenvalue weighted by atomic mass is 10.1. The summed E-state index contributed by atoms with van der Waals surface area (Å²) in [6, 6.07) is 12.7. The van der Waals surface area contributed by atoms with Gasteiger partial charge in [-0.1, -0.05) is 13.8 Å². The van der Waals surface area contributed by atoms with Gasteiger partial charge in [-0.25, -0.2) is 0 Å². The van der Waals surface area contributed by atoms with E-state index in [2.05, 4.69) is 33.7 Å². The maximum Gasteiger partial charge on any atom is 0.225 e. The number of aromatic nitrogens is 1. The van der Waals surface area contributed by atoms with Crippen LogP contribution < -0.4 is 4.90 Å². The minimum atomic E-state index is 0.0902. The van der Waals surface area contributed by atoms with Crippen molar-refractivity contribution in [2.45, 2.75) is 13.8 Å². The first-order valence-electron chi connectivity index (χ1n) is 7.92. The molecule has 3 rings (SSSR count). The number of hydrogen-bond acceptors (Lipinski definition) is 2. The second kappa shape index (κ2) is 6.26. The van der Waals surface area contributed by atoms with E-state index in [1.807, 2.05) is 43.3 Å². The lowest BCUT2D eigenvalue weighted by Crippen LogP contribution is -2.49. The first-order chi connectivity index (χ1) is 10.6. The molecule has 2 heterocycles. The largest absolute Gasteiger partial charge is 0.368 e. The Hall–Kier alpha value is -2.23. The van der Waals surface area contributed by atoms with Gasteiger partial charge in [0.15, 0.2) is 0 Å². The quantitative estimate of drug-likeness (QED) is 0.871. The maximum atomic E-state index is 12.0. The Morgan fingerprint density at radius 2 is 1.45 bits per heavy atom. The highest BCUT2D eigenvalue weighted by molar-refractivity contribution is 5.78. The average Bonchev–Trinajstić information content (AvgIpc) is 3.09. The first kappa shape index (κ1) is 14.7. The van der Waals surface area contributed by atoms with Crippen LogP contribution in [0, 0.1) is 5.92 Å². The van der Waals surface area contributed by atoms with E-state index in [1.54, 1.807) is 0 Å². The number of rotatable bonds is 3. The van der Waals surface area contributed by atoms with Gasteiger partial charge in [0.2, 0.25) is 5.91 Å². The van der Waals surface area contributed by atoms with Gasteiger partial charge in [0, 0.05) is 55.9 Å². The normalized spacial score (nSPS) is 15.4. The van der Waals surface area contributed by atoms with E-state index >= 15 is 0 Å². The summed E-state index contributed by atoms with van der Waals surface area (Å²) in [6.07, 6.45) is 4.09. The van der Waals surface area contributed by atoms with Crippen LogP contribution in [0.25, 0.3) is 5.69 Å². The van der Waals surface area contributed by atoms with Crippen LogP contribution in [0.5, 0.6) is 0 Å². The van der Waals surface area contributed by atoms with Gasteiger partial charge in [0.05, 0.1) is 0 Å². The molecule has 1 aromatic carbocycles. The number of anilines is 1. The zero-order valence-corrected chi connectivity index (χ0v) is 13.3. The predicted molar refractivity (Wildman–Crippen MR) is 89.4 cm³/mol. The van der Waals surface area contributed by atoms with Gasteiger partial charge < -0.3 is 14.4 Å². The molecule has 22 heavy (non-hydrogen) atoms. The van der Waals surface area contributed by atoms with Gasteiger partial charge in [0.25, 0.3) is 0 Å². The standard InChI is InChI=1S/C18H23N3O/c1-15(2)18(22)21-13-11-20(12-14-21)17-7-5-16(6-8-17)19-9-3-4-10-19/h3-10,15H,11-14H2,1-2H3. The smallest absolute Gasteiger partial charge is 0.225 e. The molecule has 2 aromatic rings. The van der Waals surface area contributed by atoms with Gasteiger partial charge >= 0.3 is 0 Å². The molecular formula is C18H23N3O. The van der Waals surface area contributed by atoms with Crippen molar-refractivity contribution >= 4 is 11.6 Å². The average molecular weight is 297 g/mol. The van der Waals surface area contributed by atoms with Crippen LogP contribution in [0.4, 0.5) is 5.69 Å². The molecule has 0 bridgehead atoms. The van der Waals surface area contributed by atoms with Crippen molar-refractivity contribution in [2.24, 2.45) is 5.92 Å². The van der Waals surface area contributed by atoms with Crippen LogP contribution in [0.1, 0.15) is 13.8 Å². The third-order valence-corrected chi connectivity index (χ3v) is 4.20. The fraction of sp³-hybridized carbons (Fsp3) is 0.389. The van der Waals surface area contributed by atoms with Gasteiger partial charge in [-0.3, -0.25) is 4.79 Å². The van der Waals surface area contributed by atoms with Crippen molar-refractivity contribution in [2.75, 3.05) is 31.1 Å². The molecule has 116 valence electrons. The zero-order valence-electron chi connectivity index (χ0n) is 13.3. The van der Waals surface area contributed by atoms with Crippen LogP contribution in [0.2, 0.25) is 0 Å². The van der Waals surface area contributed by atoms with Crippen LogP contribution in [0.15, 0.2) is 48.8 Å². The number of benzene rings is 1. The van der Waals surface area contributed by atoms with Crippen molar-refractivity contribution in [3.8, 4) is 5.69 Å². The molecule has 1 amide bonds. The third kappa shape index (κ3) is 3.01. The first-order valence-corrected chi connectivity index (χ1v) is 7.92. The number of carbonyl (C=O) groups excluding carboxylic acids is 1. The summed E-state index contributed by atoms with van der Waals surface area (Å²) in [5, 5.41) is 0. The molecule has 0 atom stereocenters. The van der Waals surface area contributed by atoms with E-state index in [9.17, 15) is 4.79 Å². The fourth-order valence-corrected chi connectivity index (χ4v) is 2.89. The molecule has 1 aromatic heterocycles. The summed E-state index contributed by atoms with van der Waals surface area (Å²) in [6.45, 7) is 7.37. The Bertz CT molecular complexity index is 608. The Balaban J connectivity index is 1.63. The highest BCUT2D eigenvalue weighted by atomic mass is 16.2. The number of nitrogens with zero attached hydrogens (tertiary/aromatic N) is 3. The monoisotopic (exact) mass is 297 g/mol. The number of piperazine rings is 1. The van der Waals surface area contributed by atoms with E-state index in [4.69, 9.17) is 0 Å². The molecule has 0 N–H and O–H groups in total. The lowest BCUT2D eigenvalue weighted by molar-refractivity contribution is -0.134. The van der Waals surface area contributed by atoms with Crippen molar-refractivity contribution in [1.82, 2.24) is 9.47 Å². The highest BCUT2D eigenvalue weighted by Crippen LogP contribution is 2.19. The van der Waals surface area contributed by atoms with E-state index in [-0.39, 0.29) is 11.8 Å².